The zero-order chi connectivity index (χ0) is 12.6. The fourth-order valence-corrected chi connectivity index (χ4v) is 1.45. The SMILES string of the molecule is CCCCC(C)=C(C(C)=O)C(=O)OCCC. The van der Waals surface area contributed by atoms with Crippen LogP contribution in [0.15, 0.2) is 11.1 Å². The van der Waals surface area contributed by atoms with Crippen molar-refractivity contribution in [2.75, 3.05) is 6.61 Å². The molecule has 0 atom stereocenters. The van der Waals surface area contributed by atoms with Crippen LogP contribution in [-0.2, 0) is 14.3 Å². The zero-order valence-electron chi connectivity index (χ0n) is 10.8. The lowest BCUT2D eigenvalue weighted by Gasteiger charge is -2.08. The number of hydrogen-bond acceptors (Lipinski definition) is 3. The van der Waals surface area contributed by atoms with E-state index < -0.39 is 5.97 Å². The number of allylic oxidation sites excluding steroid dienone is 1. The van der Waals surface area contributed by atoms with Crippen LogP contribution in [0.3, 0.4) is 0 Å². The van der Waals surface area contributed by atoms with Crippen molar-refractivity contribution < 1.29 is 14.3 Å². The average molecular weight is 226 g/mol. The van der Waals surface area contributed by atoms with Crippen molar-refractivity contribution in [1.82, 2.24) is 0 Å². The van der Waals surface area contributed by atoms with E-state index in [1.807, 2.05) is 13.8 Å². The standard InChI is InChI=1S/C13H22O3/c1-5-7-8-10(3)12(11(4)14)13(15)16-9-6-2/h5-9H2,1-4H3. The summed E-state index contributed by atoms with van der Waals surface area (Å²) < 4.78 is 5.00. The Balaban J connectivity index is 4.70. The number of unbranched alkanes of at least 4 members (excludes halogenated alkanes) is 1. The second-order valence-electron chi connectivity index (χ2n) is 3.95. The molecule has 0 bridgehead atoms. The summed E-state index contributed by atoms with van der Waals surface area (Å²) in [6, 6.07) is 0. The van der Waals surface area contributed by atoms with Gasteiger partial charge in [0.05, 0.1) is 6.61 Å². The fourth-order valence-electron chi connectivity index (χ4n) is 1.45. The Morgan fingerprint density at radius 2 is 1.69 bits per heavy atom. The normalized spacial score (nSPS) is 12.0. The minimum Gasteiger partial charge on any atom is -0.462 e. The summed E-state index contributed by atoms with van der Waals surface area (Å²) in [4.78, 5) is 23.0. The minimum absolute atomic E-state index is 0.199. The molecule has 0 unspecified atom stereocenters. The molecular weight excluding hydrogens is 204 g/mol. The van der Waals surface area contributed by atoms with Gasteiger partial charge in [0.25, 0.3) is 0 Å². The maximum atomic E-state index is 11.6. The van der Waals surface area contributed by atoms with Crippen molar-refractivity contribution in [2.45, 2.75) is 53.4 Å². The van der Waals surface area contributed by atoms with Gasteiger partial charge < -0.3 is 4.74 Å². The summed E-state index contributed by atoms with van der Waals surface area (Å²) in [5.41, 5.74) is 1.08. The molecule has 0 aliphatic heterocycles. The Hall–Kier alpha value is -1.12. The first kappa shape index (κ1) is 14.9. The number of esters is 1. The van der Waals surface area contributed by atoms with Gasteiger partial charge in [-0.15, -0.1) is 0 Å². The predicted octanol–water partition coefficient (Wildman–Crippen LogP) is 3.04. The third kappa shape index (κ3) is 5.10. The number of Topliss-reactive ketones (excluding diaryl/α,β-unsaturated/α-hetero) is 1. The first-order chi connectivity index (χ1) is 7.54. The lowest BCUT2D eigenvalue weighted by atomic mass is 10.0. The molecule has 0 aromatic carbocycles. The smallest absolute Gasteiger partial charge is 0.341 e. The Morgan fingerprint density at radius 1 is 1.06 bits per heavy atom. The highest BCUT2D eigenvalue weighted by atomic mass is 16.5. The van der Waals surface area contributed by atoms with Crippen LogP contribution in [0.2, 0.25) is 0 Å². The van der Waals surface area contributed by atoms with E-state index in [-0.39, 0.29) is 11.4 Å². The summed E-state index contributed by atoms with van der Waals surface area (Å²) in [5, 5.41) is 0. The second-order valence-corrected chi connectivity index (χ2v) is 3.95. The fraction of sp³-hybridized carbons (Fsp3) is 0.692. The average Bonchev–Trinajstić information content (AvgIpc) is 2.23. The molecule has 0 aliphatic carbocycles. The number of carbonyl (C=O) groups is 2. The summed E-state index contributed by atoms with van der Waals surface area (Å²) >= 11 is 0. The van der Waals surface area contributed by atoms with E-state index in [1.165, 1.54) is 6.92 Å². The van der Waals surface area contributed by atoms with E-state index in [9.17, 15) is 9.59 Å². The van der Waals surface area contributed by atoms with Gasteiger partial charge in [-0.3, -0.25) is 4.79 Å². The largest absolute Gasteiger partial charge is 0.462 e. The highest BCUT2D eigenvalue weighted by Crippen LogP contribution is 2.14. The van der Waals surface area contributed by atoms with Gasteiger partial charge in [0, 0.05) is 0 Å². The molecule has 0 radical (unpaired) electrons. The molecule has 0 saturated heterocycles. The summed E-state index contributed by atoms with van der Waals surface area (Å²) in [5.74, 6) is -0.669. The van der Waals surface area contributed by atoms with Crippen LogP contribution in [0.25, 0.3) is 0 Å². The van der Waals surface area contributed by atoms with Gasteiger partial charge in [-0.25, -0.2) is 4.79 Å². The van der Waals surface area contributed by atoms with E-state index in [4.69, 9.17) is 4.74 Å². The highest BCUT2D eigenvalue weighted by Gasteiger charge is 2.18. The van der Waals surface area contributed by atoms with Crippen LogP contribution in [-0.4, -0.2) is 18.4 Å². The lowest BCUT2D eigenvalue weighted by molar-refractivity contribution is -0.140. The highest BCUT2D eigenvalue weighted by molar-refractivity contribution is 6.16. The third-order valence-corrected chi connectivity index (χ3v) is 2.33. The van der Waals surface area contributed by atoms with Crippen LogP contribution in [0.1, 0.15) is 53.4 Å². The van der Waals surface area contributed by atoms with Crippen LogP contribution in [0.4, 0.5) is 0 Å². The summed E-state index contributed by atoms with van der Waals surface area (Å²) in [6.45, 7) is 7.62. The van der Waals surface area contributed by atoms with Crippen molar-refractivity contribution >= 4 is 11.8 Å². The molecule has 3 nitrogen and oxygen atoms in total. The second kappa shape index (κ2) is 8.08. The Bertz CT molecular complexity index is 277. The lowest BCUT2D eigenvalue weighted by Crippen LogP contribution is -2.16. The summed E-state index contributed by atoms with van der Waals surface area (Å²) in [7, 11) is 0. The quantitative estimate of drug-likeness (QED) is 0.290. The first-order valence-electron chi connectivity index (χ1n) is 5.92. The molecule has 0 amide bonds. The molecule has 92 valence electrons. The van der Waals surface area contributed by atoms with Crippen molar-refractivity contribution in [1.29, 1.82) is 0 Å². The molecule has 0 aliphatic rings. The van der Waals surface area contributed by atoms with E-state index in [0.717, 1.165) is 31.3 Å². The number of ether oxygens (including phenoxy) is 1. The Morgan fingerprint density at radius 3 is 2.12 bits per heavy atom. The molecule has 0 saturated carbocycles. The first-order valence-corrected chi connectivity index (χ1v) is 5.92. The maximum Gasteiger partial charge on any atom is 0.341 e. The monoisotopic (exact) mass is 226 g/mol. The molecule has 16 heavy (non-hydrogen) atoms. The Labute approximate surface area is 97.9 Å². The van der Waals surface area contributed by atoms with Gasteiger partial charge in [0.15, 0.2) is 5.78 Å². The topological polar surface area (TPSA) is 43.4 Å². The van der Waals surface area contributed by atoms with Gasteiger partial charge in [-0.1, -0.05) is 25.8 Å². The Kier molecular flexibility index (Phi) is 7.52. The van der Waals surface area contributed by atoms with Crippen LogP contribution >= 0.6 is 0 Å². The molecule has 0 aromatic rings. The maximum absolute atomic E-state index is 11.6. The van der Waals surface area contributed by atoms with Gasteiger partial charge in [0.2, 0.25) is 0 Å². The molecule has 0 rings (SSSR count). The molecule has 3 heteroatoms. The molecule has 0 heterocycles. The zero-order valence-corrected chi connectivity index (χ0v) is 10.8. The molecule has 0 aromatic heterocycles. The third-order valence-electron chi connectivity index (χ3n) is 2.33. The van der Waals surface area contributed by atoms with E-state index in [1.54, 1.807) is 0 Å². The van der Waals surface area contributed by atoms with E-state index in [2.05, 4.69) is 6.92 Å². The van der Waals surface area contributed by atoms with E-state index >= 15 is 0 Å². The summed E-state index contributed by atoms with van der Waals surface area (Å²) in [6.07, 6.45) is 3.59. The van der Waals surface area contributed by atoms with Crippen molar-refractivity contribution in [2.24, 2.45) is 0 Å². The number of hydrogen-bond donors (Lipinski definition) is 0. The van der Waals surface area contributed by atoms with Crippen molar-refractivity contribution in [3.05, 3.63) is 11.1 Å². The van der Waals surface area contributed by atoms with Crippen LogP contribution < -0.4 is 0 Å². The molecular formula is C13H22O3. The van der Waals surface area contributed by atoms with Gasteiger partial charge in [-0.05, 0) is 33.1 Å². The van der Waals surface area contributed by atoms with Crippen molar-refractivity contribution in [3.8, 4) is 0 Å². The number of ketones is 1. The van der Waals surface area contributed by atoms with Gasteiger partial charge in [0.1, 0.15) is 5.57 Å². The molecule has 0 fully saturated rings. The molecule has 0 spiro atoms. The van der Waals surface area contributed by atoms with E-state index in [0.29, 0.717) is 6.61 Å². The predicted molar refractivity (Wildman–Crippen MR) is 64.2 cm³/mol. The number of carbonyl (C=O) groups excluding carboxylic acids is 2. The van der Waals surface area contributed by atoms with Gasteiger partial charge >= 0.3 is 5.97 Å². The number of rotatable bonds is 7. The minimum atomic E-state index is -0.469. The van der Waals surface area contributed by atoms with Crippen LogP contribution in [0, 0.1) is 0 Å². The molecule has 0 N–H and O–H groups in total. The van der Waals surface area contributed by atoms with Crippen molar-refractivity contribution in [3.63, 3.8) is 0 Å². The van der Waals surface area contributed by atoms with Crippen LogP contribution in [0.5, 0.6) is 0 Å². The van der Waals surface area contributed by atoms with Gasteiger partial charge in [-0.2, -0.15) is 0 Å².